The van der Waals surface area contributed by atoms with Crippen molar-refractivity contribution >= 4 is 34.4 Å². The van der Waals surface area contributed by atoms with E-state index < -0.39 is 4.92 Å². The van der Waals surface area contributed by atoms with E-state index in [2.05, 4.69) is 30.3 Å². The van der Waals surface area contributed by atoms with Gasteiger partial charge in [0.2, 0.25) is 0 Å². The molecule has 0 aliphatic heterocycles. The molecule has 0 fully saturated rings. The van der Waals surface area contributed by atoms with Crippen molar-refractivity contribution in [2.75, 3.05) is 5.43 Å². The minimum absolute atomic E-state index is 0.134. The topological polar surface area (TPSA) is 149 Å². The first-order valence-electron chi connectivity index (χ1n) is 5.63. The van der Waals surface area contributed by atoms with E-state index in [1.165, 1.54) is 24.8 Å². The molecule has 11 heteroatoms. The Balaban J connectivity index is 2.08. The number of hydrazine groups is 1. The van der Waals surface area contributed by atoms with Crippen LogP contribution in [0.5, 0.6) is 0 Å². The highest BCUT2D eigenvalue weighted by Gasteiger charge is 2.19. The number of nitrogens with zero attached hydrogens (tertiary/aromatic N) is 5. The summed E-state index contributed by atoms with van der Waals surface area (Å²) in [7, 11) is 0. The molecule has 0 saturated heterocycles. The summed E-state index contributed by atoms with van der Waals surface area (Å²) in [6.45, 7) is 0. The minimum Gasteiger partial charge on any atom is -0.341 e. The molecule has 10 nitrogen and oxygen atoms in total. The largest absolute Gasteiger partial charge is 0.341 e. The normalized spacial score (nSPS) is 10.7. The van der Waals surface area contributed by atoms with Crippen molar-refractivity contribution < 1.29 is 4.92 Å². The summed E-state index contributed by atoms with van der Waals surface area (Å²) < 4.78 is 0. The summed E-state index contributed by atoms with van der Waals surface area (Å²) >= 11 is 1.04. The maximum Gasteiger partial charge on any atom is 0.301 e. The summed E-state index contributed by atoms with van der Waals surface area (Å²) in [6.07, 6.45) is 2.81. The number of nitrogens with two attached hydrogens (primary N) is 1. The van der Waals surface area contributed by atoms with E-state index in [1.807, 2.05) is 0 Å². The van der Waals surface area contributed by atoms with Gasteiger partial charge in [-0.3, -0.25) is 10.1 Å². The lowest BCUT2D eigenvalue weighted by molar-refractivity contribution is -0.388. The number of aromatic nitrogens is 5. The molecule has 0 amide bonds. The van der Waals surface area contributed by atoms with Crippen LogP contribution in [0.25, 0.3) is 11.2 Å². The third kappa shape index (κ3) is 2.46. The average molecular weight is 304 g/mol. The van der Waals surface area contributed by atoms with Crippen LogP contribution in [0, 0.1) is 10.1 Å². The Bertz CT molecular complexity index is 820. The van der Waals surface area contributed by atoms with Crippen molar-refractivity contribution in [3.8, 4) is 0 Å². The highest BCUT2D eigenvalue weighted by molar-refractivity contribution is 7.99. The second kappa shape index (κ2) is 5.30. The van der Waals surface area contributed by atoms with Gasteiger partial charge < -0.3 is 10.4 Å². The van der Waals surface area contributed by atoms with Crippen molar-refractivity contribution in [3.05, 3.63) is 34.9 Å². The number of H-pyrrole nitrogens is 1. The molecule has 21 heavy (non-hydrogen) atoms. The van der Waals surface area contributed by atoms with Gasteiger partial charge in [-0.05, 0) is 17.8 Å². The smallest absolute Gasteiger partial charge is 0.301 e. The average Bonchev–Trinajstić information content (AvgIpc) is 2.96. The SMILES string of the molecule is NNc1ccc([N+](=O)[O-])c(Sc2ncnc3nc[nH]c23)n1. The van der Waals surface area contributed by atoms with Crippen LogP contribution in [0.2, 0.25) is 0 Å². The number of aromatic amines is 1. The van der Waals surface area contributed by atoms with Crippen LogP contribution in [-0.2, 0) is 0 Å². The number of imidazole rings is 1. The van der Waals surface area contributed by atoms with Gasteiger partial charge in [0.15, 0.2) is 10.7 Å². The Morgan fingerprint density at radius 1 is 1.29 bits per heavy atom. The standard InChI is InChI=1S/C10H8N8O2S/c11-17-6-2-1-5(18(19)20)9(16-6)21-10-7-8(13-3-12-7)14-4-15-10/h1-4H,11H2,(H,16,17)(H,12,13,14,15). The Labute approximate surface area is 121 Å². The Morgan fingerprint density at radius 3 is 2.90 bits per heavy atom. The zero-order valence-corrected chi connectivity index (χ0v) is 11.2. The summed E-state index contributed by atoms with van der Waals surface area (Å²) in [5, 5.41) is 11.7. The monoisotopic (exact) mass is 304 g/mol. The predicted octanol–water partition coefficient (Wildman–Crippen LogP) is 1.09. The molecule has 0 unspecified atom stereocenters. The molecule has 4 N–H and O–H groups in total. The Kier molecular flexibility index (Phi) is 3.33. The van der Waals surface area contributed by atoms with Gasteiger partial charge in [-0.2, -0.15) is 0 Å². The molecule has 0 saturated carbocycles. The van der Waals surface area contributed by atoms with Crippen LogP contribution in [0.4, 0.5) is 11.5 Å². The van der Waals surface area contributed by atoms with E-state index >= 15 is 0 Å². The fraction of sp³-hybridized carbons (Fsp3) is 0. The number of hydrogen-bond donors (Lipinski definition) is 3. The second-order valence-corrected chi connectivity index (χ2v) is 4.78. The Morgan fingerprint density at radius 2 is 2.14 bits per heavy atom. The van der Waals surface area contributed by atoms with Gasteiger partial charge in [0.05, 0.1) is 11.3 Å². The molecule has 106 valence electrons. The van der Waals surface area contributed by atoms with E-state index in [0.29, 0.717) is 22.0 Å². The van der Waals surface area contributed by atoms with Gasteiger partial charge in [-0.15, -0.1) is 0 Å². The van der Waals surface area contributed by atoms with Crippen LogP contribution >= 0.6 is 11.8 Å². The molecule has 3 rings (SSSR count). The number of rotatable bonds is 4. The van der Waals surface area contributed by atoms with Crippen molar-refractivity contribution in [3.63, 3.8) is 0 Å². The summed E-state index contributed by atoms with van der Waals surface area (Å²) in [4.78, 5) is 29.6. The van der Waals surface area contributed by atoms with E-state index in [-0.39, 0.29) is 10.7 Å². The quantitative estimate of drug-likeness (QED) is 0.278. The number of pyridine rings is 1. The molecule has 3 aromatic heterocycles. The molecular weight excluding hydrogens is 296 g/mol. The number of nitrogen functional groups attached to an aromatic ring is 1. The lowest BCUT2D eigenvalue weighted by Gasteiger charge is -2.04. The van der Waals surface area contributed by atoms with Crippen LogP contribution in [0.1, 0.15) is 0 Å². The van der Waals surface area contributed by atoms with Crippen LogP contribution < -0.4 is 11.3 Å². The molecular formula is C10H8N8O2S. The predicted molar refractivity (Wildman–Crippen MR) is 74.5 cm³/mol. The van der Waals surface area contributed by atoms with Crippen LogP contribution in [0.15, 0.2) is 34.8 Å². The first kappa shape index (κ1) is 13.2. The number of nitro groups is 1. The zero-order valence-electron chi connectivity index (χ0n) is 10.3. The zero-order chi connectivity index (χ0) is 14.8. The Hall–Kier alpha value is -2.79. The third-order valence-electron chi connectivity index (χ3n) is 2.57. The molecule has 0 aliphatic carbocycles. The van der Waals surface area contributed by atoms with Gasteiger partial charge >= 0.3 is 5.69 Å². The molecule has 0 aromatic carbocycles. The lowest BCUT2D eigenvalue weighted by atomic mass is 10.4. The summed E-state index contributed by atoms with van der Waals surface area (Å²) in [5.41, 5.74) is 3.28. The first-order chi connectivity index (χ1) is 10.2. The highest BCUT2D eigenvalue weighted by atomic mass is 32.2. The van der Waals surface area contributed by atoms with Crippen LogP contribution in [-0.4, -0.2) is 29.8 Å². The highest BCUT2D eigenvalue weighted by Crippen LogP contribution is 2.35. The first-order valence-corrected chi connectivity index (χ1v) is 6.44. The molecule has 0 spiro atoms. The van der Waals surface area contributed by atoms with Gasteiger partial charge in [-0.1, -0.05) is 0 Å². The van der Waals surface area contributed by atoms with Crippen molar-refractivity contribution in [2.24, 2.45) is 5.84 Å². The molecule has 3 aromatic rings. The van der Waals surface area contributed by atoms with Crippen LogP contribution in [0.3, 0.4) is 0 Å². The number of hydrogen-bond acceptors (Lipinski definition) is 9. The molecule has 0 atom stereocenters. The second-order valence-electron chi connectivity index (χ2n) is 3.80. The summed E-state index contributed by atoms with van der Waals surface area (Å²) in [6, 6.07) is 2.75. The molecule has 3 heterocycles. The van der Waals surface area contributed by atoms with E-state index in [1.54, 1.807) is 0 Å². The van der Waals surface area contributed by atoms with Gasteiger partial charge in [-0.25, -0.2) is 25.8 Å². The van der Waals surface area contributed by atoms with E-state index in [0.717, 1.165) is 11.8 Å². The molecule has 0 aliphatic rings. The van der Waals surface area contributed by atoms with Crippen molar-refractivity contribution in [1.82, 2.24) is 24.9 Å². The van der Waals surface area contributed by atoms with Gasteiger partial charge in [0.1, 0.15) is 22.7 Å². The third-order valence-corrected chi connectivity index (χ3v) is 3.56. The van der Waals surface area contributed by atoms with E-state index in [4.69, 9.17) is 5.84 Å². The number of fused-ring (bicyclic) bond motifs is 1. The summed E-state index contributed by atoms with van der Waals surface area (Å²) in [5.74, 6) is 5.60. The number of anilines is 1. The fourth-order valence-electron chi connectivity index (χ4n) is 1.64. The molecule has 0 bridgehead atoms. The van der Waals surface area contributed by atoms with Gasteiger partial charge in [0.25, 0.3) is 0 Å². The number of nitrogens with one attached hydrogen (secondary N) is 2. The van der Waals surface area contributed by atoms with E-state index in [9.17, 15) is 10.1 Å². The lowest BCUT2D eigenvalue weighted by Crippen LogP contribution is -2.09. The maximum atomic E-state index is 11.1. The minimum atomic E-state index is -0.513. The maximum absolute atomic E-state index is 11.1. The van der Waals surface area contributed by atoms with Crippen molar-refractivity contribution in [1.29, 1.82) is 0 Å². The van der Waals surface area contributed by atoms with Crippen molar-refractivity contribution in [2.45, 2.75) is 10.1 Å². The van der Waals surface area contributed by atoms with Gasteiger partial charge in [0, 0.05) is 6.07 Å². The molecule has 0 radical (unpaired) electrons. The fourth-order valence-corrected chi connectivity index (χ4v) is 2.57.